The molecule has 1 aliphatic heterocycles. The van der Waals surface area contributed by atoms with E-state index in [2.05, 4.69) is 15.7 Å². The van der Waals surface area contributed by atoms with E-state index in [0.717, 1.165) is 37.9 Å². The minimum absolute atomic E-state index is 0.341. The number of fused-ring (bicyclic) bond motifs is 1. The van der Waals surface area contributed by atoms with Gasteiger partial charge in [0.05, 0.1) is 0 Å². The molecule has 0 atom stereocenters. The maximum atomic E-state index is 11.8. The third-order valence-corrected chi connectivity index (χ3v) is 4.30. The van der Waals surface area contributed by atoms with Crippen LogP contribution in [0.5, 0.6) is 0 Å². The Hall–Kier alpha value is -1.09. The summed E-state index contributed by atoms with van der Waals surface area (Å²) >= 11 is 0. The SMILES string of the molecule is O=C1CCCc2c1ccn2CCN1CCCCC1. The minimum Gasteiger partial charge on any atom is -0.349 e. The van der Waals surface area contributed by atoms with Crippen LogP contribution >= 0.6 is 0 Å². The van der Waals surface area contributed by atoms with Gasteiger partial charge >= 0.3 is 0 Å². The van der Waals surface area contributed by atoms with E-state index >= 15 is 0 Å². The maximum absolute atomic E-state index is 11.8. The average molecular weight is 246 g/mol. The van der Waals surface area contributed by atoms with E-state index in [1.165, 1.54) is 38.0 Å². The Labute approximate surface area is 109 Å². The van der Waals surface area contributed by atoms with Crippen LogP contribution in [0.3, 0.4) is 0 Å². The number of ketones is 1. The van der Waals surface area contributed by atoms with Crippen LogP contribution in [0.4, 0.5) is 0 Å². The summed E-state index contributed by atoms with van der Waals surface area (Å²) in [6.45, 7) is 4.68. The van der Waals surface area contributed by atoms with Gasteiger partial charge in [-0.2, -0.15) is 0 Å². The summed E-state index contributed by atoms with van der Waals surface area (Å²) < 4.78 is 2.31. The molecule has 3 heteroatoms. The van der Waals surface area contributed by atoms with Crippen LogP contribution in [-0.2, 0) is 13.0 Å². The third kappa shape index (κ3) is 2.37. The predicted molar refractivity (Wildman–Crippen MR) is 72.0 cm³/mol. The smallest absolute Gasteiger partial charge is 0.164 e. The van der Waals surface area contributed by atoms with Gasteiger partial charge < -0.3 is 9.47 Å². The van der Waals surface area contributed by atoms with E-state index < -0.39 is 0 Å². The lowest BCUT2D eigenvalue weighted by Gasteiger charge is -2.27. The molecule has 0 saturated carbocycles. The zero-order chi connectivity index (χ0) is 12.4. The lowest BCUT2D eigenvalue weighted by molar-refractivity contribution is 0.0971. The summed E-state index contributed by atoms with van der Waals surface area (Å²) in [7, 11) is 0. The highest BCUT2D eigenvalue weighted by atomic mass is 16.1. The molecule has 0 amide bonds. The third-order valence-electron chi connectivity index (χ3n) is 4.30. The Morgan fingerprint density at radius 2 is 1.83 bits per heavy atom. The van der Waals surface area contributed by atoms with Gasteiger partial charge in [0.2, 0.25) is 0 Å². The molecule has 2 aliphatic rings. The van der Waals surface area contributed by atoms with Crippen molar-refractivity contribution in [3.63, 3.8) is 0 Å². The summed E-state index contributed by atoms with van der Waals surface area (Å²) in [5.41, 5.74) is 2.27. The van der Waals surface area contributed by atoms with Crippen molar-refractivity contribution < 1.29 is 4.79 Å². The van der Waals surface area contributed by atoms with E-state index in [-0.39, 0.29) is 0 Å². The number of likely N-dealkylation sites (tertiary alicyclic amines) is 1. The van der Waals surface area contributed by atoms with Gasteiger partial charge in [-0.3, -0.25) is 4.79 Å². The van der Waals surface area contributed by atoms with Crippen LogP contribution in [0.1, 0.15) is 48.2 Å². The number of carbonyl (C=O) groups excluding carboxylic acids is 1. The van der Waals surface area contributed by atoms with Gasteiger partial charge in [0.1, 0.15) is 0 Å². The molecule has 18 heavy (non-hydrogen) atoms. The molecule has 0 bridgehead atoms. The zero-order valence-corrected chi connectivity index (χ0v) is 11.0. The molecule has 1 aromatic rings. The van der Waals surface area contributed by atoms with E-state index in [1.54, 1.807) is 0 Å². The van der Waals surface area contributed by atoms with E-state index in [4.69, 9.17) is 0 Å². The minimum atomic E-state index is 0.341. The first-order chi connectivity index (χ1) is 8.84. The lowest BCUT2D eigenvalue weighted by atomic mass is 9.97. The second-order valence-electron chi connectivity index (χ2n) is 5.55. The predicted octanol–water partition coefficient (Wildman–Crippen LogP) is 2.49. The highest BCUT2D eigenvalue weighted by Crippen LogP contribution is 2.22. The second kappa shape index (κ2) is 5.27. The Morgan fingerprint density at radius 3 is 2.67 bits per heavy atom. The van der Waals surface area contributed by atoms with E-state index in [0.29, 0.717) is 5.78 Å². The molecule has 0 radical (unpaired) electrons. The highest BCUT2D eigenvalue weighted by Gasteiger charge is 2.20. The average Bonchev–Trinajstić information content (AvgIpc) is 2.82. The molecule has 0 aromatic carbocycles. The van der Waals surface area contributed by atoms with Gasteiger partial charge in [0, 0.05) is 37.0 Å². The van der Waals surface area contributed by atoms with Crippen LogP contribution in [-0.4, -0.2) is 34.9 Å². The topological polar surface area (TPSA) is 25.2 Å². The first-order valence-corrected chi connectivity index (χ1v) is 7.28. The van der Waals surface area contributed by atoms with Gasteiger partial charge in [0.15, 0.2) is 5.78 Å². The number of aromatic nitrogens is 1. The van der Waals surface area contributed by atoms with Crippen LogP contribution < -0.4 is 0 Å². The van der Waals surface area contributed by atoms with Crippen molar-refractivity contribution in [1.29, 1.82) is 0 Å². The molecule has 0 unspecified atom stereocenters. The van der Waals surface area contributed by atoms with Gasteiger partial charge in [0.25, 0.3) is 0 Å². The van der Waals surface area contributed by atoms with E-state index in [9.17, 15) is 4.79 Å². The number of Topliss-reactive ketones (excluding diaryl/α,β-unsaturated/α-hetero) is 1. The van der Waals surface area contributed by atoms with Crippen molar-refractivity contribution in [1.82, 2.24) is 9.47 Å². The molecule has 2 heterocycles. The molecule has 1 aromatic heterocycles. The van der Waals surface area contributed by atoms with Crippen molar-refractivity contribution in [2.45, 2.75) is 45.1 Å². The summed E-state index contributed by atoms with van der Waals surface area (Å²) in [6.07, 6.45) is 9.04. The quantitative estimate of drug-likeness (QED) is 0.818. The van der Waals surface area contributed by atoms with Gasteiger partial charge in [-0.25, -0.2) is 0 Å². The molecule has 0 N–H and O–H groups in total. The summed E-state index contributed by atoms with van der Waals surface area (Å²) in [4.78, 5) is 14.3. The number of carbonyl (C=O) groups is 1. The summed E-state index contributed by atoms with van der Waals surface area (Å²) in [5, 5.41) is 0. The fraction of sp³-hybridized carbons (Fsp3) is 0.667. The number of rotatable bonds is 3. The summed E-state index contributed by atoms with van der Waals surface area (Å²) in [6, 6.07) is 2.02. The largest absolute Gasteiger partial charge is 0.349 e. The van der Waals surface area contributed by atoms with Crippen LogP contribution in [0.25, 0.3) is 0 Å². The Kier molecular flexibility index (Phi) is 3.50. The van der Waals surface area contributed by atoms with Crippen LogP contribution in [0.15, 0.2) is 12.3 Å². The lowest BCUT2D eigenvalue weighted by Crippen LogP contribution is -2.32. The van der Waals surface area contributed by atoms with Gasteiger partial charge in [-0.1, -0.05) is 6.42 Å². The number of hydrogen-bond donors (Lipinski definition) is 0. The van der Waals surface area contributed by atoms with E-state index in [1.807, 2.05) is 6.07 Å². The molecule has 1 saturated heterocycles. The molecular formula is C15H22N2O. The first-order valence-electron chi connectivity index (χ1n) is 7.28. The maximum Gasteiger partial charge on any atom is 0.164 e. The Balaban J connectivity index is 1.64. The van der Waals surface area contributed by atoms with Crippen LogP contribution in [0, 0.1) is 0 Å². The zero-order valence-electron chi connectivity index (χ0n) is 11.0. The molecule has 0 spiro atoms. The number of hydrogen-bond acceptors (Lipinski definition) is 2. The molecule has 3 rings (SSSR count). The standard InChI is InChI=1S/C15H22N2O/c18-15-6-4-5-14-13(15)7-10-17(14)12-11-16-8-2-1-3-9-16/h7,10H,1-6,8-9,11-12H2. The van der Waals surface area contributed by atoms with Crippen molar-refractivity contribution in [3.05, 3.63) is 23.5 Å². The fourth-order valence-electron chi connectivity index (χ4n) is 3.23. The Bertz CT molecular complexity index is 430. The molecule has 1 aliphatic carbocycles. The summed E-state index contributed by atoms with van der Waals surface area (Å²) in [5.74, 6) is 0.341. The number of piperidine rings is 1. The highest BCUT2D eigenvalue weighted by molar-refractivity contribution is 5.98. The first kappa shape index (κ1) is 12.0. The molecular weight excluding hydrogens is 224 g/mol. The van der Waals surface area contributed by atoms with Crippen LogP contribution in [0.2, 0.25) is 0 Å². The van der Waals surface area contributed by atoms with Gasteiger partial charge in [-0.15, -0.1) is 0 Å². The van der Waals surface area contributed by atoms with Gasteiger partial charge in [-0.05, 0) is 44.8 Å². The molecule has 1 fully saturated rings. The van der Waals surface area contributed by atoms with Crippen molar-refractivity contribution in [2.75, 3.05) is 19.6 Å². The van der Waals surface area contributed by atoms with Crippen molar-refractivity contribution >= 4 is 5.78 Å². The number of nitrogens with zero attached hydrogens (tertiary/aromatic N) is 2. The monoisotopic (exact) mass is 246 g/mol. The van der Waals surface area contributed by atoms with Crippen molar-refractivity contribution in [2.24, 2.45) is 0 Å². The molecule has 98 valence electrons. The second-order valence-corrected chi connectivity index (χ2v) is 5.55. The Morgan fingerprint density at radius 1 is 1.00 bits per heavy atom. The van der Waals surface area contributed by atoms with Crippen molar-refractivity contribution in [3.8, 4) is 0 Å². The normalized spacial score (nSPS) is 21.0. The molecule has 3 nitrogen and oxygen atoms in total. The fourth-order valence-corrected chi connectivity index (χ4v) is 3.23.